The molecule has 18 nitrogen and oxygen atoms in total. The summed E-state index contributed by atoms with van der Waals surface area (Å²) < 4.78 is 142. The van der Waals surface area contributed by atoms with E-state index in [4.69, 9.17) is 4.74 Å². The molecule has 22 heteroatoms. The summed E-state index contributed by atoms with van der Waals surface area (Å²) in [5, 5.41) is 12.6. The number of ether oxygens (including phenoxy) is 1. The third-order valence-electron chi connectivity index (χ3n) is 12.0. The van der Waals surface area contributed by atoms with Crippen LogP contribution in [0.1, 0.15) is 76.5 Å². The van der Waals surface area contributed by atoms with Crippen LogP contribution in [0.5, 0.6) is 0 Å². The fraction of sp³-hybridized carbons (Fsp3) is 0.378. The van der Waals surface area contributed by atoms with Crippen molar-refractivity contribution in [1.82, 2.24) is 0 Å². The van der Waals surface area contributed by atoms with Crippen LogP contribution in [-0.4, -0.2) is 104 Å². The van der Waals surface area contributed by atoms with Crippen LogP contribution >= 0.6 is 0 Å². The molecule has 0 saturated carbocycles. The van der Waals surface area contributed by atoms with Gasteiger partial charge in [0.2, 0.25) is 5.69 Å². The van der Waals surface area contributed by atoms with Crippen LogP contribution in [0, 0.1) is 0 Å². The maximum absolute atomic E-state index is 12.2. The van der Waals surface area contributed by atoms with Crippen LogP contribution in [0.25, 0.3) is 0 Å². The number of nitrogens with one attached hydrogen (secondary N) is 1. The van der Waals surface area contributed by atoms with Crippen molar-refractivity contribution in [3.05, 3.63) is 124 Å². The Kier molecular flexibility index (Phi) is 14.8. The molecule has 0 aliphatic carbocycles. The van der Waals surface area contributed by atoms with Gasteiger partial charge in [0.05, 0.1) is 32.4 Å². The van der Waals surface area contributed by atoms with E-state index < -0.39 is 68.8 Å². The van der Waals surface area contributed by atoms with Gasteiger partial charge in [-0.2, -0.15) is 38.2 Å². The number of hydrogen-bond donors (Lipinski definition) is 6. The van der Waals surface area contributed by atoms with Gasteiger partial charge in [0, 0.05) is 65.2 Å². The van der Waals surface area contributed by atoms with Gasteiger partial charge < -0.3 is 20.1 Å². The number of benzene rings is 3. The Bertz CT molecular complexity index is 3080. The van der Waals surface area contributed by atoms with Crippen LogP contribution in [-0.2, 0) is 67.3 Å². The first-order valence-electron chi connectivity index (χ1n) is 21.2. The molecule has 0 aromatic heterocycles. The lowest BCUT2D eigenvalue weighted by atomic mass is 9.81. The van der Waals surface area contributed by atoms with Crippen molar-refractivity contribution in [1.29, 1.82) is 0 Å². The molecule has 362 valence electrons. The zero-order valence-electron chi connectivity index (χ0n) is 37.2. The fourth-order valence-electron chi connectivity index (χ4n) is 8.57. The highest BCUT2D eigenvalue weighted by Gasteiger charge is 2.45. The number of unbranched alkanes of at least 4 members (excludes halogenated alkanes) is 2. The Morgan fingerprint density at radius 1 is 0.746 bits per heavy atom. The molecule has 0 atom stereocenters. The average molecular weight is 1010 g/mol. The number of carboxylic acids is 1. The minimum Gasteiger partial charge on any atom is -0.487 e. The van der Waals surface area contributed by atoms with E-state index in [1.165, 1.54) is 24.3 Å². The monoisotopic (exact) mass is 1000 g/mol. The van der Waals surface area contributed by atoms with Gasteiger partial charge in [0.25, 0.3) is 40.5 Å². The van der Waals surface area contributed by atoms with Crippen LogP contribution < -0.4 is 10.2 Å². The average Bonchev–Trinajstić information content (AvgIpc) is 3.77. The number of aryl methyl sites for hydroxylation is 1. The van der Waals surface area contributed by atoms with E-state index in [1.54, 1.807) is 48.6 Å². The quantitative estimate of drug-likeness (QED) is 0.0404. The fourth-order valence-corrected chi connectivity index (χ4v) is 10.7. The van der Waals surface area contributed by atoms with Crippen molar-refractivity contribution in [2.45, 2.75) is 86.8 Å². The SMILES string of the molecule is CC1(C)C(/C=C/C2=C(Nc3ccc(CCC(=O)O)cc3)C(=C/C=C3/N(CCCCS(=O)(=O)O)c4ccc(S(=O)(=O)O)cc4C3(C)C)/OC2)=[N+](CCCCS(=O)(=O)O)c2ccc(S(=O)(=O)O)cc21. The third-order valence-corrected chi connectivity index (χ3v) is 15.3. The summed E-state index contributed by atoms with van der Waals surface area (Å²) in [6, 6.07) is 15.7. The normalized spacial score (nSPS) is 18.3. The zero-order chi connectivity index (χ0) is 49.3. The molecule has 0 amide bonds. The van der Waals surface area contributed by atoms with E-state index >= 15 is 0 Å². The number of allylic oxidation sites excluding steroid dienone is 4. The van der Waals surface area contributed by atoms with Crippen LogP contribution in [0.15, 0.2) is 117 Å². The Hall–Kier alpha value is -5.20. The predicted octanol–water partition coefficient (Wildman–Crippen LogP) is 6.43. The van der Waals surface area contributed by atoms with Crippen molar-refractivity contribution in [3.8, 4) is 0 Å². The molecule has 0 spiro atoms. The molecule has 67 heavy (non-hydrogen) atoms. The van der Waals surface area contributed by atoms with Crippen molar-refractivity contribution in [2.24, 2.45) is 0 Å². The van der Waals surface area contributed by atoms with Gasteiger partial charge >= 0.3 is 5.97 Å². The molecule has 3 aliphatic rings. The van der Waals surface area contributed by atoms with Crippen LogP contribution in [0.2, 0.25) is 0 Å². The summed E-state index contributed by atoms with van der Waals surface area (Å²) in [7, 11) is -17.6. The summed E-state index contributed by atoms with van der Waals surface area (Å²) in [6.07, 6.45) is 8.45. The highest BCUT2D eigenvalue weighted by Crippen LogP contribution is 2.49. The van der Waals surface area contributed by atoms with E-state index in [0.29, 0.717) is 82.4 Å². The maximum Gasteiger partial charge on any atom is 0.303 e. The molecule has 3 aromatic carbocycles. The van der Waals surface area contributed by atoms with Gasteiger partial charge in [-0.25, -0.2) is 0 Å². The van der Waals surface area contributed by atoms with Crippen molar-refractivity contribution >= 4 is 69.2 Å². The van der Waals surface area contributed by atoms with Gasteiger partial charge in [0.15, 0.2) is 5.71 Å². The number of carbonyl (C=O) groups is 1. The molecule has 0 saturated heterocycles. The van der Waals surface area contributed by atoms with E-state index in [-0.39, 0.29) is 42.2 Å². The van der Waals surface area contributed by atoms with E-state index in [9.17, 15) is 61.8 Å². The Balaban J connectivity index is 1.45. The lowest BCUT2D eigenvalue weighted by Gasteiger charge is -2.27. The molecule has 6 N–H and O–H groups in total. The summed E-state index contributed by atoms with van der Waals surface area (Å²) in [5.74, 6) is -1.44. The number of anilines is 2. The minimum atomic E-state index is -4.56. The standard InChI is InChI=1S/C45H53N3O15S4/c1-44(2)35-27-33(66(57,58)59)15-17-37(35)47(23-5-7-25-64(51,52)53)40(44)20-12-31-29-63-39(43(31)46-32-13-9-30(10-14-32)11-22-42(49)50)19-21-41-45(3,4)36-28-34(67(60,61)62)16-18-38(36)48(41)24-6-8-26-65(54,55)56/h9-10,12-21,27-28H,5-8,11,22-26,29H2,1-4H3,(H5,49,50,51,52,53,54,55,56,57,58,59,60,61,62)/p+1/b39-19-,41-21+. The lowest BCUT2D eigenvalue weighted by molar-refractivity contribution is -0.438. The Morgan fingerprint density at radius 3 is 1.94 bits per heavy atom. The van der Waals surface area contributed by atoms with Gasteiger partial charge in [-0.15, -0.1) is 0 Å². The third kappa shape index (κ3) is 12.3. The molecule has 0 radical (unpaired) electrons. The minimum absolute atomic E-state index is 0.0507. The van der Waals surface area contributed by atoms with Crippen LogP contribution in [0.3, 0.4) is 0 Å². The molecule has 0 bridgehead atoms. The van der Waals surface area contributed by atoms with E-state index in [0.717, 1.165) is 5.56 Å². The summed E-state index contributed by atoms with van der Waals surface area (Å²) in [5.41, 5.74) is 4.76. The van der Waals surface area contributed by atoms with Crippen molar-refractivity contribution in [2.75, 3.05) is 41.4 Å². The largest absolute Gasteiger partial charge is 0.487 e. The number of hydrogen-bond acceptors (Lipinski definition) is 12. The Labute approximate surface area is 391 Å². The topological polar surface area (TPSA) is 282 Å². The highest BCUT2D eigenvalue weighted by atomic mass is 32.2. The number of nitrogens with zero attached hydrogens (tertiary/aromatic N) is 2. The molecule has 6 rings (SSSR count). The first-order valence-corrected chi connectivity index (χ1v) is 27.3. The second-order valence-corrected chi connectivity index (χ2v) is 23.5. The number of fused-ring (bicyclic) bond motifs is 2. The smallest absolute Gasteiger partial charge is 0.303 e. The highest BCUT2D eigenvalue weighted by molar-refractivity contribution is 7.86. The molecule has 0 fully saturated rings. The lowest BCUT2D eigenvalue weighted by Crippen LogP contribution is -2.28. The number of rotatable bonds is 20. The second-order valence-electron chi connectivity index (χ2n) is 17.6. The molecule has 3 aromatic rings. The summed E-state index contributed by atoms with van der Waals surface area (Å²) >= 11 is 0. The number of aliphatic carboxylic acids is 1. The maximum atomic E-state index is 12.2. The molecule has 3 heterocycles. The first kappa shape index (κ1) is 51.2. The zero-order valence-corrected chi connectivity index (χ0v) is 40.5. The van der Waals surface area contributed by atoms with Gasteiger partial charge in [-0.3, -0.25) is 23.0 Å². The Morgan fingerprint density at radius 2 is 1.34 bits per heavy atom. The summed E-state index contributed by atoms with van der Waals surface area (Å²) in [6.45, 7) is 8.15. The van der Waals surface area contributed by atoms with E-state index in [2.05, 4.69) is 5.32 Å². The van der Waals surface area contributed by atoms with Crippen molar-refractivity contribution < 1.29 is 71.1 Å². The molecular formula is C45H54N3O15S4+. The molecule has 0 unspecified atom stereocenters. The second kappa shape index (κ2) is 19.4. The van der Waals surface area contributed by atoms with Crippen molar-refractivity contribution in [3.63, 3.8) is 0 Å². The predicted molar refractivity (Wildman–Crippen MR) is 251 cm³/mol. The molecular weight excluding hydrogens is 951 g/mol. The summed E-state index contributed by atoms with van der Waals surface area (Å²) in [4.78, 5) is 12.6. The number of carboxylic acid groups (broad SMARTS) is 1. The molecule has 3 aliphatic heterocycles. The van der Waals surface area contributed by atoms with Crippen LogP contribution in [0.4, 0.5) is 17.1 Å². The first-order chi connectivity index (χ1) is 31.1. The van der Waals surface area contributed by atoms with Gasteiger partial charge in [-0.1, -0.05) is 26.0 Å². The van der Waals surface area contributed by atoms with E-state index in [1.807, 2.05) is 49.3 Å². The van der Waals surface area contributed by atoms with Gasteiger partial charge in [-0.05, 0) is 111 Å². The van der Waals surface area contributed by atoms with Gasteiger partial charge in [0.1, 0.15) is 18.9 Å².